The highest BCUT2D eigenvalue weighted by Crippen LogP contribution is 2.33. The molecule has 1 aliphatic carbocycles. The lowest BCUT2D eigenvalue weighted by atomic mass is 9.85. The van der Waals surface area contributed by atoms with Gasteiger partial charge in [0.1, 0.15) is 5.82 Å². The van der Waals surface area contributed by atoms with Gasteiger partial charge in [-0.15, -0.1) is 0 Å². The zero-order valence-electron chi connectivity index (χ0n) is 13.4. The quantitative estimate of drug-likeness (QED) is 0.853. The highest BCUT2D eigenvalue weighted by molar-refractivity contribution is 5.87. The fourth-order valence-electron chi connectivity index (χ4n) is 3.91. The normalized spacial score (nSPS) is 21.0. The largest absolute Gasteiger partial charge is 0.358 e. The zero-order valence-corrected chi connectivity index (χ0v) is 13.4. The molecule has 5 nitrogen and oxygen atoms in total. The summed E-state index contributed by atoms with van der Waals surface area (Å²) in [5.74, 6) is -0.137. The van der Waals surface area contributed by atoms with Crippen molar-refractivity contribution >= 4 is 23.2 Å². The van der Waals surface area contributed by atoms with Crippen LogP contribution in [0.25, 0.3) is 10.9 Å². The van der Waals surface area contributed by atoms with Gasteiger partial charge in [0.15, 0.2) is 0 Å². The fourth-order valence-corrected chi connectivity index (χ4v) is 3.91. The summed E-state index contributed by atoms with van der Waals surface area (Å²) in [5.41, 5.74) is 3.15. The SMILES string of the molecule is O=CN1CCN(C(=O)C2CCc3[nH]c4ccc(F)cc4c3C2)CC1. The summed E-state index contributed by atoms with van der Waals surface area (Å²) in [6.07, 6.45) is 3.13. The molecule has 4 rings (SSSR count). The average Bonchev–Trinajstić information content (AvgIpc) is 2.98. The lowest BCUT2D eigenvalue weighted by molar-refractivity contribution is -0.139. The number of fused-ring (bicyclic) bond motifs is 3. The van der Waals surface area contributed by atoms with Gasteiger partial charge in [-0.2, -0.15) is 0 Å². The van der Waals surface area contributed by atoms with Crippen molar-refractivity contribution in [2.24, 2.45) is 5.92 Å². The fraction of sp³-hybridized carbons (Fsp3) is 0.444. The van der Waals surface area contributed by atoms with Crippen LogP contribution >= 0.6 is 0 Å². The number of halogens is 1. The van der Waals surface area contributed by atoms with Gasteiger partial charge in [-0.05, 0) is 43.0 Å². The maximum atomic E-state index is 13.6. The first kappa shape index (κ1) is 15.2. The van der Waals surface area contributed by atoms with Crippen molar-refractivity contribution in [3.05, 3.63) is 35.3 Å². The third kappa shape index (κ3) is 2.56. The third-order valence-corrected chi connectivity index (χ3v) is 5.27. The van der Waals surface area contributed by atoms with Gasteiger partial charge >= 0.3 is 0 Å². The average molecular weight is 329 g/mol. The molecule has 2 amide bonds. The molecule has 2 aromatic rings. The summed E-state index contributed by atoms with van der Waals surface area (Å²) in [6, 6.07) is 4.78. The van der Waals surface area contributed by atoms with Gasteiger partial charge in [-0.1, -0.05) is 0 Å². The second-order valence-electron chi connectivity index (χ2n) is 6.68. The number of piperazine rings is 1. The summed E-state index contributed by atoms with van der Waals surface area (Å²) in [4.78, 5) is 30.5. The van der Waals surface area contributed by atoms with Crippen LogP contribution in [-0.2, 0) is 22.4 Å². The van der Waals surface area contributed by atoms with Crippen LogP contribution in [0.5, 0.6) is 0 Å². The van der Waals surface area contributed by atoms with Crippen LogP contribution in [0.1, 0.15) is 17.7 Å². The Morgan fingerprint density at radius 1 is 1.25 bits per heavy atom. The molecule has 1 aromatic carbocycles. The number of hydrogen-bond donors (Lipinski definition) is 1. The monoisotopic (exact) mass is 329 g/mol. The number of aromatic amines is 1. The van der Waals surface area contributed by atoms with E-state index in [4.69, 9.17) is 0 Å². The minimum atomic E-state index is -0.247. The highest BCUT2D eigenvalue weighted by atomic mass is 19.1. The van der Waals surface area contributed by atoms with E-state index in [9.17, 15) is 14.0 Å². The van der Waals surface area contributed by atoms with Crippen LogP contribution in [0, 0.1) is 11.7 Å². The number of nitrogens with zero attached hydrogens (tertiary/aromatic N) is 2. The molecule has 1 N–H and O–H groups in total. The van der Waals surface area contributed by atoms with E-state index in [1.165, 1.54) is 6.07 Å². The maximum absolute atomic E-state index is 13.6. The first-order chi connectivity index (χ1) is 11.7. The van der Waals surface area contributed by atoms with Gasteiger partial charge in [0.2, 0.25) is 12.3 Å². The van der Waals surface area contributed by atoms with Gasteiger partial charge in [0.25, 0.3) is 0 Å². The second kappa shape index (κ2) is 5.92. The first-order valence-electron chi connectivity index (χ1n) is 8.43. The molecule has 1 fully saturated rings. The molecule has 2 heterocycles. The molecule has 6 heteroatoms. The predicted octanol–water partition coefficient (Wildman–Crippen LogP) is 1.71. The number of carbonyl (C=O) groups is 2. The molecule has 2 aliphatic rings. The molecule has 1 aliphatic heterocycles. The topological polar surface area (TPSA) is 56.4 Å². The Kier molecular flexibility index (Phi) is 3.75. The van der Waals surface area contributed by atoms with E-state index in [0.717, 1.165) is 41.4 Å². The summed E-state index contributed by atoms with van der Waals surface area (Å²) in [6.45, 7) is 2.41. The van der Waals surface area contributed by atoms with Crippen LogP contribution in [0.15, 0.2) is 18.2 Å². The Labute approximate surface area is 139 Å². The smallest absolute Gasteiger partial charge is 0.226 e. The number of aryl methyl sites for hydroxylation is 1. The zero-order chi connectivity index (χ0) is 16.7. The van der Waals surface area contributed by atoms with E-state index in [0.29, 0.717) is 32.6 Å². The third-order valence-electron chi connectivity index (χ3n) is 5.27. The molecule has 0 spiro atoms. The number of H-pyrrole nitrogens is 1. The molecule has 126 valence electrons. The molecule has 0 bridgehead atoms. The van der Waals surface area contributed by atoms with Crippen molar-refractivity contribution in [3.63, 3.8) is 0 Å². The summed E-state index contributed by atoms with van der Waals surface area (Å²) >= 11 is 0. The standard InChI is InChI=1S/C18H20FN3O2/c19-13-2-4-17-15(10-13)14-9-12(1-3-16(14)20-17)18(24)22-7-5-21(11-23)6-8-22/h2,4,10-12,20H,1,3,5-9H2. The molecule has 0 radical (unpaired) electrons. The van der Waals surface area contributed by atoms with Crippen molar-refractivity contribution in [2.45, 2.75) is 19.3 Å². The molecular weight excluding hydrogens is 309 g/mol. The molecule has 1 unspecified atom stereocenters. The van der Waals surface area contributed by atoms with E-state index in [1.54, 1.807) is 17.0 Å². The van der Waals surface area contributed by atoms with Crippen molar-refractivity contribution in [2.75, 3.05) is 26.2 Å². The van der Waals surface area contributed by atoms with E-state index < -0.39 is 0 Å². The van der Waals surface area contributed by atoms with Crippen LogP contribution < -0.4 is 0 Å². The Morgan fingerprint density at radius 2 is 2.04 bits per heavy atom. The van der Waals surface area contributed by atoms with Gasteiger partial charge < -0.3 is 14.8 Å². The number of amides is 2. The van der Waals surface area contributed by atoms with Crippen LogP contribution in [0.2, 0.25) is 0 Å². The lowest BCUT2D eigenvalue weighted by Gasteiger charge is -2.35. The van der Waals surface area contributed by atoms with Crippen molar-refractivity contribution in [1.82, 2.24) is 14.8 Å². The van der Waals surface area contributed by atoms with Crippen LogP contribution in [0.4, 0.5) is 4.39 Å². The van der Waals surface area contributed by atoms with E-state index in [1.807, 2.05) is 4.90 Å². The number of nitrogens with one attached hydrogen (secondary N) is 1. The van der Waals surface area contributed by atoms with Crippen molar-refractivity contribution in [1.29, 1.82) is 0 Å². The highest BCUT2D eigenvalue weighted by Gasteiger charge is 2.31. The Balaban J connectivity index is 1.53. The van der Waals surface area contributed by atoms with Gasteiger partial charge in [-0.25, -0.2) is 4.39 Å². The Bertz CT molecular complexity index is 793. The Hall–Kier alpha value is -2.37. The molecular formula is C18H20FN3O2. The molecule has 1 atom stereocenters. The Morgan fingerprint density at radius 3 is 2.79 bits per heavy atom. The number of benzene rings is 1. The number of carbonyl (C=O) groups excluding carboxylic acids is 2. The molecule has 1 aromatic heterocycles. The van der Waals surface area contributed by atoms with Gasteiger partial charge in [0.05, 0.1) is 0 Å². The molecule has 0 saturated carbocycles. The van der Waals surface area contributed by atoms with Crippen LogP contribution in [-0.4, -0.2) is 53.3 Å². The van der Waals surface area contributed by atoms with E-state index in [2.05, 4.69) is 4.98 Å². The number of hydrogen-bond acceptors (Lipinski definition) is 2. The minimum absolute atomic E-state index is 0.0532. The van der Waals surface area contributed by atoms with Crippen molar-refractivity contribution in [3.8, 4) is 0 Å². The maximum Gasteiger partial charge on any atom is 0.226 e. The predicted molar refractivity (Wildman–Crippen MR) is 88.0 cm³/mol. The summed E-state index contributed by atoms with van der Waals surface area (Å²) in [7, 11) is 0. The van der Waals surface area contributed by atoms with E-state index >= 15 is 0 Å². The molecule has 24 heavy (non-hydrogen) atoms. The van der Waals surface area contributed by atoms with Gasteiger partial charge in [-0.3, -0.25) is 9.59 Å². The number of rotatable bonds is 2. The first-order valence-corrected chi connectivity index (χ1v) is 8.43. The van der Waals surface area contributed by atoms with Crippen molar-refractivity contribution < 1.29 is 14.0 Å². The van der Waals surface area contributed by atoms with E-state index in [-0.39, 0.29) is 17.6 Å². The number of aromatic nitrogens is 1. The summed E-state index contributed by atoms with van der Waals surface area (Å²) in [5, 5.41) is 0.897. The lowest BCUT2D eigenvalue weighted by Crippen LogP contribution is -2.50. The van der Waals surface area contributed by atoms with Gasteiger partial charge in [0, 0.05) is 48.7 Å². The molecule has 1 saturated heterocycles. The summed E-state index contributed by atoms with van der Waals surface area (Å²) < 4.78 is 13.6. The van der Waals surface area contributed by atoms with Crippen LogP contribution in [0.3, 0.4) is 0 Å². The minimum Gasteiger partial charge on any atom is -0.358 e. The second-order valence-corrected chi connectivity index (χ2v) is 6.68.